The van der Waals surface area contributed by atoms with Gasteiger partial charge in [-0.2, -0.15) is 0 Å². The fourth-order valence-electron chi connectivity index (χ4n) is 1.76. The highest BCUT2D eigenvalue weighted by molar-refractivity contribution is 6.06. The number of nitrogens with two attached hydrogens (primary N) is 1. The molecule has 5 heteroatoms. The SMILES string of the molecule is COc1cnccc1C(=O)Nc1cccc(C#CCN)c1. The maximum absolute atomic E-state index is 12.2. The summed E-state index contributed by atoms with van der Waals surface area (Å²) in [6, 6.07) is 8.85. The molecule has 5 nitrogen and oxygen atoms in total. The molecule has 0 spiro atoms. The summed E-state index contributed by atoms with van der Waals surface area (Å²) in [7, 11) is 1.50. The van der Waals surface area contributed by atoms with Gasteiger partial charge in [0, 0.05) is 17.4 Å². The molecule has 0 aliphatic carbocycles. The summed E-state index contributed by atoms with van der Waals surface area (Å²) in [4.78, 5) is 16.2. The Bertz CT molecular complexity index is 702. The number of hydrogen-bond donors (Lipinski definition) is 2. The van der Waals surface area contributed by atoms with E-state index >= 15 is 0 Å². The number of aromatic nitrogens is 1. The van der Waals surface area contributed by atoms with Crippen LogP contribution in [0.4, 0.5) is 5.69 Å². The van der Waals surface area contributed by atoms with Crippen molar-refractivity contribution in [3.63, 3.8) is 0 Å². The van der Waals surface area contributed by atoms with Crippen LogP contribution in [0.5, 0.6) is 5.75 Å². The maximum Gasteiger partial charge on any atom is 0.259 e. The fraction of sp³-hybridized carbons (Fsp3) is 0.125. The lowest BCUT2D eigenvalue weighted by molar-refractivity contribution is 0.102. The Labute approximate surface area is 123 Å². The smallest absolute Gasteiger partial charge is 0.259 e. The van der Waals surface area contributed by atoms with Gasteiger partial charge in [0.1, 0.15) is 5.75 Å². The summed E-state index contributed by atoms with van der Waals surface area (Å²) in [6.45, 7) is 0.296. The van der Waals surface area contributed by atoms with E-state index < -0.39 is 0 Å². The van der Waals surface area contributed by atoms with E-state index in [9.17, 15) is 4.79 Å². The van der Waals surface area contributed by atoms with Crippen LogP contribution in [0.25, 0.3) is 0 Å². The number of hydrogen-bond acceptors (Lipinski definition) is 4. The first-order chi connectivity index (χ1) is 10.2. The Hall–Kier alpha value is -2.84. The molecule has 0 fully saturated rings. The summed E-state index contributed by atoms with van der Waals surface area (Å²) in [6.07, 6.45) is 3.04. The summed E-state index contributed by atoms with van der Waals surface area (Å²) >= 11 is 0. The zero-order valence-electron chi connectivity index (χ0n) is 11.6. The average Bonchev–Trinajstić information content (AvgIpc) is 2.53. The summed E-state index contributed by atoms with van der Waals surface area (Å²) < 4.78 is 5.12. The Morgan fingerprint density at radius 1 is 1.43 bits per heavy atom. The summed E-state index contributed by atoms with van der Waals surface area (Å²) in [5.41, 5.74) is 7.21. The van der Waals surface area contributed by atoms with Crippen molar-refractivity contribution in [2.45, 2.75) is 0 Å². The standard InChI is InChI=1S/C16H15N3O2/c1-21-15-11-18-9-7-14(15)16(20)19-13-6-2-4-12(10-13)5-3-8-17/h2,4,6-7,9-11H,8,17H2,1H3,(H,19,20). The van der Waals surface area contributed by atoms with Gasteiger partial charge >= 0.3 is 0 Å². The Morgan fingerprint density at radius 2 is 2.29 bits per heavy atom. The minimum absolute atomic E-state index is 0.266. The topological polar surface area (TPSA) is 77.2 Å². The van der Waals surface area contributed by atoms with E-state index in [0.29, 0.717) is 23.5 Å². The van der Waals surface area contributed by atoms with E-state index in [2.05, 4.69) is 22.1 Å². The van der Waals surface area contributed by atoms with Gasteiger partial charge in [-0.15, -0.1) is 0 Å². The van der Waals surface area contributed by atoms with Crippen molar-refractivity contribution in [3.05, 3.63) is 53.9 Å². The van der Waals surface area contributed by atoms with Gasteiger partial charge in [-0.05, 0) is 24.3 Å². The van der Waals surface area contributed by atoms with Crippen molar-refractivity contribution in [1.82, 2.24) is 4.98 Å². The van der Waals surface area contributed by atoms with Gasteiger partial charge < -0.3 is 15.8 Å². The summed E-state index contributed by atoms with van der Waals surface area (Å²) in [5, 5.41) is 2.80. The summed E-state index contributed by atoms with van der Waals surface area (Å²) in [5.74, 6) is 5.85. The molecule has 0 saturated carbocycles. The number of rotatable bonds is 3. The number of nitrogens with zero attached hydrogens (tertiary/aromatic N) is 1. The van der Waals surface area contributed by atoms with Crippen LogP contribution in [0, 0.1) is 11.8 Å². The largest absolute Gasteiger partial charge is 0.494 e. The van der Waals surface area contributed by atoms with Crippen molar-refractivity contribution >= 4 is 11.6 Å². The van der Waals surface area contributed by atoms with Crippen molar-refractivity contribution in [3.8, 4) is 17.6 Å². The zero-order chi connectivity index (χ0) is 15.1. The van der Waals surface area contributed by atoms with Crippen LogP contribution in [-0.2, 0) is 0 Å². The molecule has 0 radical (unpaired) electrons. The first kappa shape index (κ1) is 14.6. The number of benzene rings is 1. The number of carbonyl (C=O) groups is 1. The lowest BCUT2D eigenvalue weighted by Gasteiger charge is -2.08. The minimum atomic E-state index is -0.266. The van der Waals surface area contributed by atoms with Crippen molar-refractivity contribution in [1.29, 1.82) is 0 Å². The van der Waals surface area contributed by atoms with Crippen LogP contribution in [0.1, 0.15) is 15.9 Å². The van der Waals surface area contributed by atoms with Crippen LogP contribution in [0.3, 0.4) is 0 Å². The fourth-order valence-corrected chi connectivity index (χ4v) is 1.76. The molecule has 0 saturated heterocycles. The number of nitrogens with one attached hydrogen (secondary N) is 1. The first-order valence-electron chi connectivity index (χ1n) is 6.33. The molecule has 1 amide bonds. The molecule has 2 aromatic rings. The minimum Gasteiger partial charge on any atom is -0.494 e. The number of methoxy groups -OCH3 is 1. The molecule has 1 heterocycles. The Morgan fingerprint density at radius 3 is 3.05 bits per heavy atom. The van der Waals surface area contributed by atoms with Crippen molar-refractivity contribution in [2.24, 2.45) is 5.73 Å². The molecule has 3 N–H and O–H groups in total. The predicted octanol–water partition coefficient (Wildman–Crippen LogP) is 1.65. The maximum atomic E-state index is 12.2. The molecular formula is C16H15N3O2. The molecule has 106 valence electrons. The quantitative estimate of drug-likeness (QED) is 0.839. The van der Waals surface area contributed by atoms with E-state index in [-0.39, 0.29) is 5.91 Å². The van der Waals surface area contributed by atoms with Gasteiger partial charge in [-0.1, -0.05) is 17.9 Å². The Kier molecular flexibility index (Phi) is 4.91. The highest BCUT2D eigenvalue weighted by Gasteiger charge is 2.12. The molecular weight excluding hydrogens is 266 g/mol. The molecule has 1 aromatic carbocycles. The number of pyridine rings is 1. The zero-order valence-corrected chi connectivity index (χ0v) is 11.6. The second kappa shape index (κ2) is 7.08. The molecule has 0 aliphatic heterocycles. The molecule has 0 atom stereocenters. The monoisotopic (exact) mass is 281 g/mol. The third-order valence-electron chi connectivity index (χ3n) is 2.70. The van der Waals surface area contributed by atoms with Crippen molar-refractivity contribution < 1.29 is 9.53 Å². The molecule has 0 aliphatic rings. The highest BCUT2D eigenvalue weighted by Crippen LogP contribution is 2.18. The average molecular weight is 281 g/mol. The second-order valence-electron chi connectivity index (χ2n) is 4.12. The first-order valence-corrected chi connectivity index (χ1v) is 6.33. The normalized spacial score (nSPS) is 9.43. The van der Waals surface area contributed by atoms with Gasteiger partial charge in [0.25, 0.3) is 5.91 Å². The van der Waals surface area contributed by atoms with Crippen LogP contribution >= 0.6 is 0 Å². The van der Waals surface area contributed by atoms with Crippen molar-refractivity contribution in [2.75, 3.05) is 19.0 Å². The highest BCUT2D eigenvalue weighted by atomic mass is 16.5. The molecule has 21 heavy (non-hydrogen) atoms. The number of amides is 1. The molecule has 0 unspecified atom stereocenters. The van der Waals surface area contributed by atoms with E-state index in [1.807, 2.05) is 12.1 Å². The van der Waals surface area contributed by atoms with Crippen LogP contribution in [0.2, 0.25) is 0 Å². The number of ether oxygens (including phenoxy) is 1. The number of anilines is 1. The van der Waals surface area contributed by atoms with Crippen LogP contribution < -0.4 is 15.8 Å². The van der Waals surface area contributed by atoms with E-state index in [1.165, 1.54) is 13.3 Å². The van der Waals surface area contributed by atoms with Crippen LogP contribution in [0.15, 0.2) is 42.7 Å². The van der Waals surface area contributed by atoms with E-state index in [4.69, 9.17) is 10.5 Å². The Balaban J connectivity index is 2.20. The van der Waals surface area contributed by atoms with Gasteiger partial charge in [0.15, 0.2) is 0 Å². The molecule has 1 aromatic heterocycles. The lowest BCUT2D eigenvalue weighted by Crippen LogP contribution is -2.13. The predicted molar refractivity (Wildman–Crippen MR) is 81.1 cm³/mol. The third kappa shape index (κ3) is 3.81. The van der Waals surface area contributed by atoms with Gasteiger partial charge in [0.2, 0.25) is 0 Å². The third-order valence-corrected chi connectivity index (χ3v) is 2.70. The molecule has 0 bridgehead atoms. The molecule has 2 rings (SSSR count). The second-order valence-corrected chi connectivity index (χ2v) is 4.12. The lowest BCUT2D eigenvalue weighted by atomic mass is 10.2. The van der Waals surface area contributed by atoms with Crippen LogP contribution in [-0.4, -0.2) is 24.5 Å². The van der Waals surface area contributed by atoms with Gasteiger partial charge in [-0.3, -0.25) is 9.78 Å². The van der Waals surface area contributed by atoms with E-state index in [1.54, 1.807) is 24.4 Å². The van der Waals surface area contributed by atoms with E-state index in [0.717, 1.165) is 5.56 Å². The van der Waals surface area contributed by atoms with Gasteiger partial charge in [0.05, 0.1) is 25.4 Å². The van der Waals surface area contributed by atoms with Gasteiger partial charge in [-0.25, -0.2) is 0 Å². The number of carbonyl (C=O) groups excluding carboxylic acids is 1.